The van der Waals surface area contributed by atoms with Crippen molar-refractivity contribution in [2.45, 2.75) is 26.3 Å². The molecule has 0 aliphatic carbocycles. The van der Waals surface area contributed by atoms with Crippen molar-refractivity contribution >= 4 is 28.8 Å². The molecule has 2 N–H and O–H groups in total. The van der Waals surface area contributed by atoms with E-state index in [4.69, 9.17) is 14.7 Å². The molecule has 1 fully saturated rings. The normalized spacial score (nSPS) is 15.7. The van der Waals surface area contributed by atoms with Gasteiger partial charge in [-0.15, -0.1) is 0 Å². The highest BCUT2D eigenvalue weighted by Crippen LogP contribution is 2.25. The van der Waals surface area contributed by atoms with Gasteiger partial charge in [0.15, 0.2) is 0 Å². The highest BCUT2D eigenvalue weighted by Gasteiger charge is 2.24. The van der Waals surface area contributed by atoms with Crippen molar-refractivity contribution < 1.29 is 14.6 Å². The molecule has 2 aromatic rings. The van der Waals surface area contributed by atoms with E-state index in [1.54, 1.807) is 4.90 Å². The average molecular weight is 373 g/mol. The van der Waals surface area contributed by atoms with Crippen LogP contribution in [0.1, 0.15) is 20.3 Å². The summed E-state index contributed by atoms with van der Waals surface area (Å²) in [7, 11) is 0. The number of hydrogen-bond donors (Lipinski definition) is 2. The minimum absolute atomic E-state index is 0.0440. The molecule has 0 bridgehead atoms. The first kappa shape index (κ1) is 19.2. The fraction of sp³-hybridized carbons (Fsp3) is 0.526. The molecular weight excluding hydrogens is 346 g/mol. The van der Waals surface area contributed by atoms with E-state index in [9.17, 15) is 9.90 Å². The Hall–Kier alpha value is -2.61. The van der Waals surface area contributed by atoms with Crippen LogP contribution in [0.2, 0.25) is 0 Å². The van der Waals surface area contributed by atoms with Crippen LogP contribution in [0.5, 0.6) is 0 Å². The number of nitrogens with one attached hydrogen (secondary N) is 1. The van der Waals surface area contributed by atoms with Gasteiger partial charge < -0.3 is 25.0 Å². The van der Waals surface area contributed by atoms with Crippen molar-refractivity contribution in [3.05, 3.63) is 24.3 Å². The number of aliphatic hydroxyl groups is 1. The third kappa shape index (κ3) is 4.39. The summed E-state index contributed by atoms with van der Waals surface area (Å²) in [5.74, 6) is 1.36. The Balaban J connectivity index is 1.82. The molecule has 1 aromatic heterocycles. The molecule has 3 rings (SSSR count). The lowest BCUT2D eigenvalue weighted by Gasteiger charge is -2.34. The lowest BCUT2D eigenvalue weighted by atomic mass is 10.2. The van der Waals surface area contributed by atoms with Gasteiger partial charge >= 0.3 is 6.09 Å². The molecule has 1 aliphatic rings. The van der Waals surface area contributed by atoms with Crippen LogP contribution in [0.15, 0.2) is 24.3 Å². The number of aliphatic hydroxyl groups excluding tert-OH is 1. The van der Waals surface area contributed by atoms with Crippen LogP contribution in [0.25, 0.3) is 10.9 Å². The standard InChI is InChI=1S/C19H27N5O3/c1-3-14(13-25)20-17-15-7-5-6-8-16(15)21-18(22-17)23-9-11-24(12-10-23)19(26)27-4-2/h5-8,14,25H,3-4,9-13H2,1-2H3,(H,20,21,22). The van der Waals surface area contributed by atoms with Crippen LogP contribution in [-0.2, 0) is 4.74 Å². The SMILES string of the molecule is CCOC(=O)N1CCN(c2nc(NC(CC)CO)c3ccccc3n2)CC1. The fourth-order valence-corrected chi connectivity index (χ4v) is 3.09. The molecule has 1 aromatic carbocycles. The number of anilines is 2. The summed E-state index contributed by atoms with van der Waals surface area (Å²) in [5, 5.41) is 13.8. The predicted molar refractivity (Wildman–Crippen MR) is 105 cm³/mol. The van der Waals surface area contributed by atoms with E-state index in [-0.39, 0.29) is 18.7 Å². The Morgan fingerprint density at radius 3 is 2.63 bits per heavy atom. The minimum Gasteiger partial charge on any atom is -0.450 e. The second-order valence-corrected chi connectivity index (χ2v) is 6.49. The highest BCUT2D eigenvalue weighted by atomic mass is 16.6. The van der Waals surface area contributed by atoms with E-state index in [1.165, 1.54) is 0 Å². The zero-order valence-corrected chi connectivity index (χ0v) is 15.9. The lowest BCUT2D eigenvalue weighted by molar-refractivity contribution is 0.105. The zero-order valence-electron chi connectivity index (χ0n) is 15.9. The quantitative estimate of drug-likeness (QED) is 0.801. The third-order valence-corrected chi connectivity index (χ3v) is 4.73. The summed E-state index contributed by atoms with van der Waals surface area (Å²) < 4.78 is 5.07. The number of nitrogens with zero attached hydrogens (tertiary/aromatic N) is 4. The number of piperazine rings is 1. The first-order chi connectivity index (χ1) is 13.2. The van der Waals surface area contributed by atoms with Gasteiger partial charge in [-0.25, -0.2) is 9.78 Å². The molecule has 146 valence electrons. The van der Waals surface area contributed by atoms with Gasteiger partial charge in [-0.2, -0.15) is 4.98 Å². The first-order valence-corrected chi connectivity index (χ1v) is 9.47. The molecule has 2 heterocycles. The van der Waals surface area contributed by atoms with Gasteiger partial charge in [0, 0.05) is 31.6 Å². The smallest absolute Gasteiger partial charge is 0.409 e. The van der Waals surface area contributed by atoms with Gasteiger partial charge in [0.1, 0.15) is 5.82 Å². The zero-order chi connectivity index (χ0) is 19.2. The van der Waals surface area contributed by atoms with Gasteiger partial charge in [-0.05, 0) is 25.5 Å². The maximum absolute atomic E-state index is 11.9. The minimum atomic E-state index is -0.271. The number of carbonyl (C=O) groups is 1. The Labute approximate surface area is 159 Å². The largest absolute Gasteiger partial charge is 0.450 e. The third-order valence-electron chi connectivity index (χ3n) is 4.73. The Morgan fingerprint density at radius 2 is 1.96 bits per heavy atom. The molecule has 1 unspecified atom stereocenters. The van der Waals surface area contributed by atoms with Crippen molar-refractivity contribution in [2.24, 2.45) is 0 Å². The number of fused-ring (bicyclic) bond motifs is 1. The number of rotatable bonds is 6. The summed E-state index contributed by atoms with van der Waals surface area (Å²) in [4.78, 5) is 25.1. The van der Waals surface area contributed by atoms with Crippen LogP contribution < -0.4 is 10.2 Å². The molecular formula is C19H27N5O3. The number of carbonyl (C=O) groups excluding carboxylic acids is 1. The van der Waals surface area contributed by atoms with Gasteiger partial charge in [0.05, 0.1) is 24.8 Å². The Bertz CT molecular complexity index is 773. The topological polar surface area (TPSA) is 90.8 Å². The fourth-order valence-electron chi connectivity index (χ4n) is 3.09. The second kappa shape index (κ2) is 8.85. The molecule has 27 heavy (non-hydrogen) atoms. The summed E-state index contributed by atoms with van der Waals surface area (Å²) in [6.07, 6.45) is 0.523. The van der Waals surface area contributed by atoms with Crippen LogP contribution in [0.3, 0.4) is 0 Å². The summed E-state index contributed by atoms with van der Waals surface area (Å²) in [6, 6.07) is 7.78. The molecule has 8 heteroatoms. The first-order valence-electron chi connectivity index (χ1n) is 9.47. The predicted octanol–water partition coefficient (Wildman–Crippen LogP) is 2.09. The van der Waals surface area contributed by atoms with Crippen molar-refractivity contribution in [1.82, 2.24) is 14.9 Å². The van der Waals surface area contributed by atoms with Gasteiger partial charge in [-0.3, -0.25) is 0 Å². The van der Waals surface area contributed by atoms with E-state index in [2.05, 4.69) is 10.2 Å². The number of benzene rings is 1. The van der Waals surface area contributed by atoms with Gasteiger partial charge in [0.2, 0.25) is 5.95 Å². The maximum Gasteiger partial charge on any atom is 0.409 e. The Kier molecular flexibility index (Phi) is 6.28. The molecule has 0 radical (unpaired) electrons. The number of para-hydroxylation sites is 1. The van der Waals surface area contributed by atoms with Crippen LogP contribution in [-0.4, -0.2) is 71.5 Å². The molecule has 1 atom stereocenters. The Morgan fingerprint density at radius 1 is 1.22 bits per heavy atom. The number of amides is 1. The molecule has 0 spiro atoms. The molecule has 1 amide bonds. The number of ether oxygens (including phenoxy) is 1. The summed E-state index contributed by atoms with van der Waals surface area (Å²) in [6.45, 7) is 6.70. The van der Waals surface area contributed by atoms with Crippen molar-refractivity contribution in [3.63, 3.8) is 0 Å². The van der Waals surface area contributed by atoms with E-state index < -0.39 is 0 Å². The summed E-state index contributed by atoms with van der Waals surface area (Å²) in [5.41, 5.74) is 0.852. The van der Waals surface area contributed by atoms with Gasteiger partial charge in [-0.1, -0.05) is 19.1 Å². The van der Waals surface area contributed by atoms with E-state index in [0.717, 1.165) is 23.1 Å². The molecule has 1 aliphatic heterocycles. The number of aromatic nitrogens is 2. The van der Waals surface area contributed by atoms with E-state index in [1.807, 2.05) is 38.1 Å². The molecule has 1 saturated heterocycles. The maximum atomic E-state index is 11.9. The van der Waals surface area contributed by atoms with Crippen LogP contribution in [0.4, 0.5) is 16.6 Å². The lowest BCUT2D eigenvalue weighted by Crippen LogP contribution is -2.49. The monoisotopic (exact) mass is 373 g/mol. The molecule has 0 saturated carbocycles. The van der Waals surface area contributed by atoms with Crippen LogP contribution >= 0.6 is 0 Å². The highest BCUT2D eigenvalue weighted by molar-refractivity contribution is 5.90. The van der Waals surface area contributed by atoms with E-state index in [0.29, 0.717) is 38.7 Å². The number of hydrogen-bond acceptors (Lipinski definition) is 7. The van der Waals surface area contributed by atoms with Gasteiger partial charge in [0.25, 0.3) is 0 Å². The van der Waals surface area contributed by atoms with E-state index >= 15 is 0 Å². The molecule has 8 nitrogen and oxygen atoms in total. The second-order valence-electron chi connectivity index (χ2n) is 6.49. The average Bonchev–Trinajstić information content (AvgIpc) is 2.72. The van der Waals surface area contributed by atoms with Crippen LogP contribution in [0, 0.1) is 0 Å². The summed E-state index contributed by atoms with van der Waals surface area (Å²) >= 11 is 0. The van der Waals surface area contributed by atoms with Crippen molar-refractivity contribution in [2.75, 3.05) is 49.6 Å². The van der Waals surface area contributed by atoms with Crippen molar-refractivity contribution in [1.29, 1.82) is 0 Å². The van der Waals surface area contributed by atoms with Crippen molar-refractivity contribution in [3.8, 4) is 0 Å².